The molecule has 1 N–H and O–H groups in total. The number of fused-ring (bicyclic) bond motifs is 2. The van der Waals surface area contributed by atoms with E-state index in [2.05, 4.69) is 66.8 Å². The highest BCUT2D eigenvalue weighted by atomic mass is 35.5. The van der Waals surface area contributed by atoms with E-state index in [4.69, 9.17) is 39.8 Å². The van der Waals surface area contributed by atoms with E-state index in [1.165, 1.54) is 68.5 Å². The van der Waals surface area contributed by atoms with E-state index >= 15 is 0 Å². The van der Waals surface area contributed by atoms with Crippen molar-refractivity contribution in [1.82, 2.24) is 29.3 Å². The number of benzene rings is 4. The van der Waals surface area contributed by atoms with Crippen LogP contribution < -0.4 is 5.32 Å². The fourth-order valence-corrected chi connectivity index (χ4v) is 6.59. The van der Waals surface area contributed by atoms with Crippen molar-refractivity contribution in [3.8, 4) is 0 Å². The fourth-order valence-electron chi connectivity index (χ4n) is 6.14. The average molecular weight is 688 g/mol. The largest absolute Gasteiger partial charge is 0.322 e. The van der Waals surface area contributed by atoms with Gasteiger partial charge in [0.05, 0.1) is 34.5 Å². The molecule has 6 aromatic rings. The van der Waals surface area contributed by atoms with Gasteiger partial charge in [0.25, 0.3) is 0 Å². The van der Waals surface area contributed by atoms with Gasteiger partial charge in [0.1, 0.15) is 11.6 Å². The molecule has 0 radical (unpaired) electrons. The van der Waals surface area contributed by atoms with E-state index in [9.17, 15) is 0 Å². The van der Waals surface area contributed by atoms with Gasteiger partial charge in [-0.3, -0.25) is 4.90 Å². The third-order valence-electron chi connectivity index (χ3n) is 8.62. The number of hydrogen-bond acceptors (Lipinski definition) is 4. The van der Waals surface area contributed by atoms with Crippen LogP contribution in [0.1, 0.15) is 48.5 Å². The molecule has 0 bridgehead atoms. The van der Waals surface area contributed by atoms with Crippen molar-refractivity contribution in [2.75, 3.05) is 26.2 Å². The number of alkyl halides is 1. The summed E-state index contributed by atoms with van der Waals surface area (Å²) in [6.45, 7) is 7.39. The fraction of sp³-hybridized carbons (Fsp3) is 0.316. The van der Waals surface area contributed by atoms with Crippen LogP contribution in [0.15, 0.2) is 97.1 Å². The van der Waals surface area contributed by atoms with Gasteiger partial charge in [-0.1, -0.05) is 71.7 Å². The zero-order valence-corrected chi connectivity index (χ0v) is 28.9. The summed E-state index contributed by atoms with van der Waals surface area (Å²) >= 11 is 17.9. The molecule has 0 unspecified atom stereocenters. The first-order chi connectivity index (χ1) is 23.1. The highest BCUT2D eigenvalue weighted by Crippen LogP contribution is 2.22. The Morgan fingerprint density at radius 1 is 0.553 bits per heavy atom. The number of para-hydroxylation sites is 4. The monoisotopic (exact) mass is 686 g/mol. The van der Waals surface area contributed by atoms with E-state index in [-0.39, 0.29) is 0 Å². The van der Waals surface area contributed by atoms with Gasteiger partial charge in [-0.05, 0) is 112 Å². The first-order valence-electron chi connectivity index (χ1n) is 16.4. The lowest BCUT2D eigenvalue weighted by molar-refractivity contribution is 0.318. The molecule has 6 nitrogen and oxygen atoms in total. The molecule has 9 heteroatoms. The minimum Gasteiger partial charge on any atom is -0.322 e. The molecule has 4 heterocycles. The number of hydrogen-bond donors (Lipinski definition) is 1. The molecular weight excluding hydrogens is 647 g/mol. The first kappa shape index (κ1) is 33.5. The molecule has 0 aliphatic carbocycles. The smallest absolute Gasteiger partial charge is 0.125 e. The van der Waals surface area contributed by atoms with Crippen molar-refractivity contribution in [2.45, 2.75) is 51.2 Å². The summed E-state index contributed by atoms with van der Waals surface area (Å²) in [7, 11) is 0. The van der Waals surface area contributed by atoms with Gasteiger partial charge >= 0.3 is 0 Å². The topological polar surface area (TPSA) is 50.9 Å². The maximum atomic E-state index is 6.01. The predicted octanol–water partition coefficient (Wildman–Crippen LogP) is 9.18. The number of nitrogens with one attached hydrogen (secondary N) is 1. The van der Waals surface area contributed by atoms with E-state index in [0.29, 0.717) is 5.88 Å². The van der Waals surface area contributed by atoms with Gasteiger partial charge in [-0.15, -0.1) is 11.6 Å². The van der Waals surface area contributed by atoms with E-state index < -0.39 is 0 Å². The lowest BCUT2D eigenvalue weighted by Crippen LogP contribution is -2.21. The average Bonchev–Trinajstić information content (AvgIpc) is 3.93. The molecule has 0 saturated carbocycles. The Kier molecular flexibility index (Phi) is 11.9. The van der Waals surface area contributed by atoms with Gasteiger partial charge in [-0.25, -0.2) is 9.97 Å². The van der Waals surface area contributed by atoms with Crippen molar-refractivity contribution < 1.29 is 0 Å². The molecule has 0 amide bonds. The summed E-state index contributed by atoms with van der Waals surface area (Å²) in [6, 6.07) is 32.4. The Labute approximate surface area is 292 Å². The molecule has 8 rings (SSSR count). The van der Waals surface area contributed by atoms with Crippen LogP contribution in [0.3, 0.4) is 0 Å². The summed E-state index contributed by atoms with van der Waals surface area (Å²) in [5, 5.41) is 4.75. The summed E-state index contributed by atoms with van der Waals surface area (Å²) in [5.74, 6) is 2.45. The van der Waals surface area contributed by atoms with E-state index in [0.717, 1.165) is 57.9 Å². The highest BCUT2D eigenvalue weighted by molar-refractivity contribution is 6.30. The molecule has 244 valence electrons. The summed E-state index contributed by atoms with van der Waals surface area (Å²) in [5.41, 5.74) is 6.80. The van der Waals surface area contributed by atoms with Gasteiger partial charge in [0, 0.05) is 23.1 Å². The molecule has 0 spiro atoms. The second-order valence-corrected chi connectivity index (χ2v) is 13.2. The SMILES string of the molecule is C1CCNC1.ClCc1nc2ccccc2n1Cc1ccc(Cl)cc1.Clc1ccc(Cn2c(CN3CCCC3)nc3ccccc32)cc1. The van der Waals surface area contributed by atoms with Crippen LogP contribution in [-0.4, -0.2) is 50.2 Å². The molecule has 47 heavy (non-hydrogen) atoms. The van der Waals surface area contributed by atoms with Gasteiger partial charge in [0.2, 0.25) is 0 Å². The van der Waals surface area contributed by atoms with E-state index in [1.54, 1.807) is 0 Å². The first-order valence-corrected chi connectivity index (χ1v) is 17.7. The molecule has 4 aromatic carbocycles. The molecular formula is C38H41Cl3N6. The van der Waals surface area contributed by atoms with Crippen LogP contribution in [-0.2, 0) is 25.5 Å². The molecule has 2 saturated heterocycles. The Balaban J connectivity index is 0.000000145. The Morgan fingerprint density at radius 3 is 1.49 bits per heavy atom. The molecule has 2 fully saturated rings. The Morgan fingerprint density at radius 2 is 1.02 bits per heavy atom. The summed E-state index contributed by atoms with van der Waals surface area (Å²) in [6.07, 6.45) is 5.38. The highest BCUT2D eigenvalue weighted by Gasteiger charge is 2.17. The third-order valence-corrected chi connectivity index (χ3v) is 9.36. The quantitative estimate of drug-likeness (QED) is 0.170. The summed E-state index contributed by atoms with van der Waals surface area (Å²) in [4.78, 5) is 11.9. The molecule has 2 aromatic heterocycles. The van der Waals surface area contributed by atoms with Crippen molar-refractivity contribution in [3.05, 3.63) is 130 Å². The van der Waals surface area contributed by atoms with Crippen LogP contribution in [0, 0.1) is 0 Å². The van der Waals surface area contributed by atoms with Crippen LogP contribution in [0.25, 0.3) is 22.1 Å². The van der Waals surface area contributed by atoms with Crippen molar-refractivity contribution in [1.29, 1.82) is 0 Å². The van der Waals surface area contributed by atoms with Gasteiger partial charge in [-0.2, -0.15) is 0 Å². The van der Waals surface area contributed by atoms with Crippen LogP contribution >= 0.6 is 34.8 Å². The second kappa shape index (κ2) is 16.6. The standard InChI is InChI=1S/C19H20ClN3.C15H12Cl2N2.C4H9N/c20-16-9-7-15(8-10-16)13-23-18-6-2-1-5-17(18)21-19(23)14-22-11-3-4-12-22;16-9-15-18-13-3-1-2-4-14(13)19(15)10-11-5-7-12(17)8-6-11;1-2-4-5-3-1/h1-2,5-10H,3-4,11-14H2;1-8H,9-10H2;5H,1-4H2. The Bertz CT molecular complexity index is 1850. The second-order valence-electron chi connectivity index (χ2n) is 12.0. The van der Waals surface area contributed by atoms with Crippen LogP contribution in [0.4, 0.5) is 0 Å². The molecule has 2 aliphatic rings. The van der Waals surface area contributed by atoms with Crippen molar-refractivity contribution in [2.24, 2.45) is 0 Å². The minimum absolute atomic E-state index is 0.405. The minimum atomic E-state index is 0.405. The number of aromatic nitrogens is 4. The number of rotatable bonds is 7. The predicted molar refractivity (Wildman–Crippen MR) is 197 cm³/mol. The van der Waals surface area contributed by atoms with Crippen molar-refractivity contribution in [3.63, 3.8) is 0 Å². The zero-order valence-electron chi connectivity index (χ0n) is 26.6. The Hall–Kier alpha value is -3.39. The van der Waals surface area contributed by atoms with Crippen LogP contribution in [0.2, 0.25) is 10.0 Å². The van der Waals surface area contributed by atoms with Crippen molar-refractivity contribution >= 4 is 56.9 Å². The van der Waals surface area contributed by atoms with Gasteiger partial charge < -0.3 is 14.5 Å². The zero-order chi connectivity index (χ0) is 32.4. The lowest BCUT2D eigenvalue weighted by atomic mass is 10.2. The third kappa shape index (κ3) is 8.95. The number of nitrogens with zero attached hydrogens (tertiary/aromatic N) is 5. The maximum absolute atomic E-state index is 6.01. The molecule has 0 atom stereocenters. The maximum Gasteiger partial charge on any atom is 0.125 e. The number of likely N-dealkylation sites (tertiary alicyclic amines) is 1. The lowest BCUT2D eigenvalue weighted by Gasteiger charge is -2.16. The normalized spacial score (nSPS) is 14.6. The number of imidazole rings is 2. The summed E-state index contributed by atoms with van der Waals surface area (Å²) < 4.78 is 4.49. The molecule has 2 aliphatic heterocycles. The van der Waals surface area contributed by atoms with Gasteiger partial charge in [0.15, 0.2) is 0 Å². The van der Waals surface area contributed by atoms with Crippen LogP contribution in [0.5, 0.6) is 0 Å². The number of halogens is 3. The van der Waals surface area contributed by atoms with E-state index in [1.807, 2.05) is 54.6 Å².